The molecule has 43 heavy (non-hydrogen) atoms. The second-order valence-corrected chi connectivity index (χ2v) is 12.2. The molecule has 1 aromatic heterocycles. The van der Waals surface area contributed by atoms with E-state index in [9.17, 15) is 45.2 Å². The SMILES string of the molecule is C[C@@H](NC(=O)c1cc(C(F)(F)F)ccc1F)C(=O)N1CCC2(CC1)C(=O)N(S(C)(=O)=O)C(=O)N2c1ccc2[nH]ncc2c1. The number of piperidine rings is 1. The number of rotatable bonds is 5. The fourth-order valence-electron chi connectivity index (χ4n) is 5.38. The van der Waals surface area contributed by atoms with Crippen LogP contribution >= 0.6 is 0 Å². The topological polar surface area (TPSA) is 153 Å². The highest BCUT2D eigenvalue weighted by Gasteiger charge is 2.61. The molecule has 0 saturated carbocycles. The predicted molar refractivity (Wildman–Crippen MR) is 143 cm³/mol. The van der Waals surface area contributed by atoms with E-state index in [1.54, 1.807) is 12.1 Å². The van der Waals surface area contributed by atoms with Crippen molar-refractivity contribution in [3.05, 3.63) is 59.5 Å². The monoisotopic (exact) mass is 624 g/mol. The van der Waals surface area contributed by atoms with Gasteiger partial charge in [0, 0.05) is 24.2 Å². The molecule has 2 aromatic carbocycles. The van der Waals surface area contributed by atoms with Crippen molar-refractivity contribution in [2.45, 2.75) is 37.5 Å². The summed E-state index contributed by atoms with van der Waals surface area (Å²) in [4.78, 5) is 55.1. The molecule has 2 saturated heterocycles. The molecule has 1 atom stereocenters. The first-order valence-corrected chi connectivity index (χ1v) is 14.7. The third-order valence-corrected chi connectivity index (χ3v) is 8.53. The van der Waals surface area contributed by atoms with Crippen molar-refractivity contribution in [1.82, 2.24) is 24.7 Å². The number of H-pyrrole nitrogens is 1. The lowest BCUT2D eigenvalue weighted by molar-refractivity contribution is -0.138. The van der Waals surface area contributed by atoms with Crippen LogP contribution in [0.25, 0.3) is 10.9 Å². The number of nitrogens with zero attached hydrogens (tertiary/aromatic N) is 4. The van der Waals surface area contributed by atoms with Crippen molar-refractivity contribution in [3.8, 4) is 0 Å². The molecule has 1 spiro atoms. The molecule has 2 aliphatic rings. The van der Waals surface area contributed by atoms with Crippen molar-refractivity contribution in [1.29, 1.82) is 0 Å². The molecular formula is C26H24F4N6O6S. The largest absolute Gasteiger partial charge is 0.416 e. The van der Waals surface area contributed by atoms with Crippen molar-refractivity contribution in [2.24, 2.45) is 0 Å². The third kappa shape index (κ3) is 5.17. The average molecular weight is 625 g/mol. The Morgan fingerprint density at radius 3 is 2.40 bits per heavy atom. The number of fused-ring (bicyclic) bond motifs is 1. The van der Waals surface area contributed by atoms with Gasteiger partial charge in [0.25, 0.3) is 11.8 Å². The number of aromatic nitrogens is 2. The maximum Gasteiger partial charge on any atom is 0.416 e. The molecule has 3 aromatic rings. The Bertz CT molecular complexity index is 1770. The highest BCUT2D eigenvalue weighted by molar-refractivity contribution is 7.89. The fraction of sp³-hybridized carbons (Fsp3) is 0.346. The number of halogens is 4. The number of urea groups is 1. The summed E-state index contributed by atoms with van der Waals surface area (Å²) >= 11 is 0. The maximum absolute atomic E-state index is 14.2. The van der Waals surface area contributed by atoms with E-state index in [4.69, 9.17) is 0 Å². The van der Waals surface area contributed by atoms with E-state index in [0.29, 0.717) is 29.1 Å². The maximum atomic E-state index is 14.2. The summed E-state index contributed by atoms with van der Waals surface area (Å²) in [6.07, 6.45) is -2.93. The number of aromatic amines is 1. The van der Waals surface area contributed by atoms with Crippen molar-refractivity contribution < 1.29 is 45.2 Å². The van der Waals surface area contributed by atoms with Gasteiger partial charge in [0.15, 0.2) is 0 Å². The third-order valence-electron chi connectivity index (χ3n) is 7.55. The zero-order chi connectivity index (χ0) is 31.5. The zero-order valence-corrected chi connectivity index (χ0v) is 23.4. The fourth-order valence-corrected chi connectivity index (χ4v) is 6.22. The molecule has 2 fully saturated rings. The molecule has 0 radical (unpaired) electrons. The summed E-state index contributed by atoms with van der Waals surface area (Å²) < 4.78 is 78.4. The number of nitrogens with one attached hydrogen (secondary N) is 2. The number of hydrogen-bond donors (Lipinski definition) is 2. The van der Waals surface area contributed by atoms with Gasteiger partial charge in [-0.25, -0.2) is 17.6 Å². The Balaban J connectivity index is 1.36. The lowest BCUT2D eigenvalue weighted by Gasteiger charge is -2.42. The minimum atomic E-state index is -4.82. The number of benzene rings is 2. The number of carbonyl (C=O) groups excluding carboxylic acids is 4. The van der Waals surface area contributed by atoms with Crippen LogP contribution in [0.5, 0.6) is 0 Å². The van der Waals surface area contributed by atoms with Crippen LogP contribution in [-0.2, 0) is 25.8 Å². The van der Waals surface area contributed by atoms with Crippen LogP contribution in [0.1, 0.15) is 35.7 Å². The number of sulfonamides is 1. The molecule has 0 aliphatic carbocycles. The number of alkyl halides is 3. The standard InChI is InChI=1S/C26H24F4N6O6S/c1-14(32-21(37)18-12-16(26(28,29)30)3-5-19(18)27)22(38)34-9-7-25(8-10-34)23(39)36(43(2,41)42)24(40)35(25)17-4-6-20-15(11-17)13-31-33-20/h3-6,11-14H,7-10H2,1-2H3,(H,31,33)(H,32,37)/t14-/m1/s1. The lowest BCUT2D eigenvalue weighted by atomic mass is 9.85. The summed E-state index contributed by atoms with van der Waals surface area (Å²) in [5.41, 5.74) is -2.91. The van der Waals surface area contributed by atoms with Gasteiger partial charge in [-0.05, 0) is 56.2 Å². The van der Waals surface area contributed by atoms with Gasteiger partial charge >= 0.3 is 12.2 Å². The predicted octanol–water partition coefficient (Wildman–Crippen LogP) is 2.63. The Labute approximate surface area is 241 Å². The van der Waals surface area contributed by atoms with Gasteiger partial charge in [0.05, 0.1) is 29.1 Å². The van der Waals surface area contributed by atoms with Gasteiger partial charge in [-0.1, -0.05) is 0 Å². The first-order valence-electron chi connectivity index (χ1n) is 12.8. The van der Waals surface area contributed by atoms with Crippen molar-refractivity contribution in [3.63, 3.8) is 0 Å². The highest BCUT2D eigenvalue weighted by atomic mass is 32.2. The molecule has 228 valence electrons. The highest BCUT2D eigenvalue weighted by Crippen LogP contribution is 2.42. The minimum absolute atomic E-state index is 0.141. The van der Waals surface area contributed by atoms with E-state index in [-0.39, 0.29) is 35.9 Å². The van der Waals surface area contributed by atoms with Gasteiger partial charge in [-0.3, -0.25) is 24.4 Å². The van der Waals surface area contributed by atoms with Crippen LogP contribution in [0.4, 0.5) is 28.0 Å². The molecule has 2 N–H and O–H groups in total. The number of imide groups is 1. The number of amides is 5. The van der Waals surface area contributed by atoms with Crippen LogP contribution in [0.2, 0.25) is 0 Å². The molecule has 12 nitrogen and oxygen atoms in total. The number of anilines is 1. The van der Waals surface area contributed by atoms with Gasteiger partial charge in [0.2, 0.25) is 15.9 Å². The van der Waals surface area contributed by atoms with E-state index in [1.807, 2.05) is 0 Å². The van der Waals surface area contributed by atoms with Gasteiger partial charge in [-0.15, -0.1) is 0 Å². The molecule has 17 heteroatoms. The van der Waals surface area contributed by atoms with Crippen LogP contribution in [-0.4, -0.2) is 82.5 Å². The Hall–Kier alpha value is -4.54. The van der Waals surface area contributed by atoms with E-state index < -0.39 is 68.5 Å². The van der Waals surface area contributed by atoms with E-state index in [1.165, 1.54) is 24.1 Å². The first kappa shape index (κ1) is 29.9. The summed E-state index contributed by atoms with van der Waals surface area (Å²) in [6.45, 7) is 0.980. The quantitative estimate of drug-likeness (QED) is 0.327. The Morgan fingerprint density at radius 2 is 1.77 bits per heavy atom. The molecule has 0 bridgehead atoms. The second-order valence-electron chi connectivity index (χ2n) is 10.3. The molecular weight excluding hydrogens is 600 g/mol. The Morgan fingerprint density at radius 1 is 1.09 bits per heavy atom. The van der Waals surface area contributed by atoms with Gasteiger partial charge < -0.3 is 10.2 Å². The molecule has 5 amide bonds. The van der Waals surface area contributed by atoms with Crippen LogP contribution in [0.15, 0.2) is 42.6 Å². The smallest absolute Gasteiger partial charge is 0.341 e. The molecule has 2 aliphatic heterocycles. The van der Waals surface area contributed by atoms with E-state index in [0.717, 1.165) is 11.2 Å². The minimum Gasteiger partial charge on any atom is -0.341 e. The summed E-state index contributed by atoms with van der Waals surface area (Å²) in [5, 5.41) is 9.47. The Kier molecular flexibility index (Phi) is 7.19. The molecule has 0 unspecified atom stereocenters. The lowest BCUT2D eigenvalue weighted by Crippen LogP contribution is -2.59. The normalized spacial score (nSPS) is 18.0. The van der Waals surface area contributed by atoms with E-state index in [2.05, 4.69) is 15.5 Å². The zero-order valence-electron chi connectivity index (χ0n) is 22.6. The molecule has 3 heterocycles. The van der Waals surface area contributed by atoms with Crippen LogP contribution < -0.4 is 10.2 Å². The molecule has 5 rings (SSSR count). The van der Waals surface area contributed by atoms with Gasteiger partial charge in [-0.2, -0.15) is 22.6 Å². The summed E-state index contributed by atoms with van der Waals surface area (Å²) in [7, 11) is -4.30. The second kappa shape index (κ2) is 10.3. The van der Waals surface area contributed by atoms with Crippen molar-refractivity contribution in [2.75, 3.05) is 24.2 Å². The number of carbonyl (C=O) groups is 4. The van der Waals surface area contributed by atoms with Crippen LogP contribution in [0.3, 0.4) is 0 Å². The van der Waals surface area contributed by atoms with Gasteiger partial charge in [0.1, 0.15) is 17.4 Å². The number of likely N-dealkylation sites (tertiary alicyclic amines) is 1. The average Bonchev–Trinajstić information content (AvgIpc) is 3.47. The summed E-state index contributed by atoms with van der Waals surface area (Å²) in [6, 6.07) is 3.68. The first-order chi connectivity index (χ1) is 20.0. The van der Waals surface area contributed by atoms with Crippen molar-refractivity contribution >= 4 is 50.4 Å². The van der Waals surface area contributed by atoms with E-state index >= 15 is 0 Å². The summed E-state index contributed by atoms with van der Waals surface area (Å²) in [5.74, 6) is -4.10. The number of hydrogen-bond acceptors (Lipinski definition) is 7. The van der Waals surface area contributed by atoms with Crippen LogP contribution in [0, 0.1) is 5.82 Å².